The third-order valence-electron chi connectivity index (χ3n) is 6.21. The predicted molar refractivity (Wildman–Crippen MR) is 140 cm³/mol. The van der Waals surface area contributed by atoms with Gasteiger partial charge >= 0.3 is 22.1 Å². The van der Waals surface area contributed by atoms with Crippen LogP contribution in [-0.2, 0) is 19.6 Å². The topological polar surface area (TPSA) is 107 Å². The van der Waals surface area contributed by atoms with Gasteiger partial charge in [-0.2, -0.15) is 17.2 Å². The number of hydrogen-bond acceptors (Lipinski definition) is 6. The van der Waals surface area contributed by atoms with Gasteiger partial charge in [0.15, 0.2) is 16.5 Å². The molecule has 36 heavy (non-hydrogen) atoms. The van der Waals surface area contributed by atoms with Gasteiger partial charge in [0.2, 0.25) is 17.4 Å². The van der Waals surface area contributed by atoms with E-state index in [2.05, 4.69) is 72.5 Å². The summed E-state index contributed by atoms with van der Waals surface area (Å²) in [6, 6.07) is 3.61. The van der Waals surface area contributed by atoms with E-state index in [4.69, 9.17) is 9.29 Å². The lowest BCUT2D eigenvalue weighted by atomic mass is 9.87. The van der Waals surface area contributed by atoms with Crippen LogP contribution in [0.15, 0.2) is 17.0 Å². The molecule has 2 aliphatic rings. The summed E-state index contributed by atoms with van der Waals surface area (Å²) >= 11 is 6.25. The van der Waals surface area contributed by atoms with Crippen LogP contribution in [0.4, 0.5) is 17.6 Å². The van der Waals surface area contributed by atoms with Gasteiger partial charge in [0, 0.05) is 10.7 Å². The Bertz CT molecular complexity index is 1370. The van der Waals surface area contributed by atoms with Crippen LogP contribution in [0.25, 0.3) is 0 Å². The number of ether oxygens (including phenoxy) is 2. The molecule has 15 heteroatoms. The summed E-state index contributed by atoms with van der Waals surface area (Å²) in [7, 11) is -5.63. The van der Waals surface area contributed by atoms with Crippen LogP contribution >= 0.6 is 67.8 Å². The Kier molecular flexibility index (Phi) is 8.15. The van der Waals surface area contributed by atoms with E-state index in [1.165, 1.54) is 0 Å². The molecule has 4 atom stereocenters. The van der Waals surface area contributed by atoms with Crippen molar-refractivity contribution in [1.29, 1.82) is 0 Å². The summed E-state index contributed by atoms with van der Waals surface area (Å²) in [6.45, 7) is 0. The Morgan fingerprint density at radius 3 is 2.06 bits per heavy atom. The second-order valence-corrected chi connectivity index (χ2v) is 13.2. The van der Waals surface area contributed by atoms with Crippen LogP contribution in [-0.4, -0.2) is 31.0 Å². The van der Waals surface area contributed by atoms with Gasteiger partial charge in [0.05, 0.1) is 11.5 Å². The van der Waals surface area contributed by atoms with Crippen molar-refractivity contribution in [2.24, 2.45) is 17.8 Å². The minimum Gasteiger partial charge on any atom is -0.458 e. The highest BCUT2D eigenvalue weighted by atomic mass is 127. The minimum atomic E-state index is -5.63. The zero-order valence-corrected chi connectivity index (χ0v) is 24.8. The van der Waals surface area contributed by atoms with Crippen LogP contribution < -0.4 is 4.74 Å². The standard InChI is InChI=1S/C21H13F4I3O7S/c22-13-15(24)19(36(31,32)33)16(25)14(23)18(13)35-20(29)9-2-7-1-6(9)3-12(7)34-21(30)10-4-8(26)5-11(27)17(10)28/h4-7,9,12H,1-3H2,(H,31,32,33). The van der Waals surface area contributed by atoms with Crippen LogP contribution in [0.5, 0.6) is 5.75 Å². The smallest absolute Gasteiger partial charge is 0.339 e. The molecule has 0 spiro atoms. The molecule has 0 saturated heterocycles. The zero-order valence-electron chi connectivity index (χ0n) is 17.5. The quantitative estimate of drug-likeness (QED) is 0.106. The lowest BCUT2D eigenvalue weighted by Crippen LogP contribution is -2.33. The molecule has 0 aromatic heterocycles. The highest BCUT2D eigenvalue weighted by Gasteiger charge is 2.51. The largest absolute Gasteiger partial charge is 0.458 e. The van der Waals surface area contributed by atoms with Crippen LogP contribution in [0.3, 0.4) is 0 Å². The fourth-order valence-corrected chi connectivity index (χ4v) is 7.65. The fraction of sp³-hybridized carbons (Fsp3) is 0.333. The molecule has 1 N–H and O–H groups in total. The first-order valence-electron chi connectivity index (χ1n) is 10.1. The minimum absolute atomic E-state index is 0.152. The van der Waals surface area contributed by atoms with Gasteiger partial charge in [-0.1, -0.05) is 0 Å². The normalized spacial score (nSPS) is 23.1. The highest BCUT2D eigenvalue weighted by Crippen LogP contribution is 2.50. The van der Waals surface area contributed by atoms with Crippen molar-refractivity contribution >= 4 is 89.8 Å². The maximum absolute atomic E-state index is 14.2. The van der Waals surface area contributed by atoms with Crippen LogP contribution in [0, 0.1) is 51.7 Å². The van der Waals surface area contributed by atoms with Gasteiger partial charge in [0.25, 0.3) is 0 Å². The number of hydrogen-bond donors (Lipinski definition) is 1. The number of carbonyl (C=O) groups is 2. The molecule has 0 aliphatic heterocycles. The molecule has 2 bridgehead atoms. The summed E-state index contributed by atoms with van der Waals surface area (Å²) in [5.74, 6) is -14.3. The second-order valence-electron chi connectivity index (χ2n) is 8.34. The average molecular weight is 866 g/mol. The first-order valence-corrected chi connectivity index (χ1v) is 14.8. The molecule has 0 radical (unpaired) electrons. The Labute approximate surface area is 242 Å². The number of esters is 2. The van der Waals surface area contributed by atoms with Crippen molar-refractivity contribution in [1.82, 2.24) is 0 Å². The van der Waals surface area contributed by atoms with Gasteiger partial charge in [-0.3, -0.25) is 9.35 Å². The number of halogens is 7. The van der Waals surface area contributed by atoms with Crippen molar-refractivity contribution in [3.63, 3.8) is 0 Å². The fourth-order valence-electron chi connectivity index (χ4n) is 4.65. The van der Waals surface area contributed by atoms with Gasteiger partial charge in [0.1, 0.15) is 6.10 Å². The van der Waals surface area contributed by atoms with Crippen LogP contribution in [0.1, 0.15) is 29.6 Å². The van der Waals surface area contributed by atoms with Crippen molar-refractivity contribution in [2.45, 2.75) is 30.3 Å². The zero-order chi connectivity index (χ0) is 26.7. The molecule has 194 valence electrons. The number of rotatable bonds is 5. The molecular formula is C21H13F4I3O7S. The number of fused-ring (bicyclic) bond motifs is 2. The molecule has 2 saturated carbocycles. The monoisotopic (exact) mass is 866 g/mol. The SMILES string of the molecule is O=C(OC1CC2CC1CC2C(=O)Oc1c(F)c(F)c(S(=O)(=O)O)c(F)c1F)c1cc(I)cc(I)c1I. The third kappa shape index (κ3) is 5.22. The highest BCUT2D eigenvalue weighted by molar-refractivity contribution is 14.1. The summed E-state index contributed by atoms with van der Waals surface area (Å²) < 4.78 is 100. The van der Waals surface area contributed by atoms with Gasteiger partial charge < -0.3 is 9.47 Å². The van der Waals surface area contributed by atoms with E-state index in [0.717, 1.165) is 10.7 Å². The maximum atomic E-state index is 14.2. The van der Waals surface area contributed by atoms with Gasteiger partial charge in [-0.05, 0) is 111 Å². The molecule has 2 fully saturated rings. The van der Waals surface area contributed by atoms with E-state index in [9.17, 15) is 35.6 Å². The molecule has 7 nitrogen and oxygen atoms in total. The van der Waals surface area contributed by atoms with E-state index in [1.54, 1.807) is 6.07 Å². The van der Waals surface area contributed by atoms with E-state index in [-0.39, 0.29) is 24.7 Å². The molecule has 2 aromatic rings. The lowest BCUT2D eigenvalue weighted by Gasteiger charge is -2.27. The molecule has 0 amide bonds. The second kappa shape index (κ2) is 10.4. The first-order chi connectivity index (χ1) is 16.7. The van der Waals surface area contributed by atoms with E-state index < -0.39 is 68.0 Å². The molecule has 0 heterocycles. The van der Waals surface area contributed by atoms with Crippen molar-refractivity contribution in [2.75, 3.05) is 0 Å². The lowest BCUT2D eigenvalue weighted by molar-refractivity contribution is -0.141. The number of benzene rings is 2. The maximum Gasteiger partial charge on any atom is 0.339 e. The van der Waals surface area contributed by atoms with Crippen molar-refractivity contribution in [3.8, 4) is 5.75 Å². The van der Waals surface area contributed by atoms with E-state index in [0.29, 0.717) is 12.0 Å². The first kappa shape index (κ1) is 28.2. The van der Waals surface area contributed by atoms with Gasteiger partial charge in [-0.15, -0.1) is 0 Å². The third-order valence-corrected chi connectivity index (χ3v) is 10.8. The Morgan fingerprint density at radius 2 is 1.53 bits per heavy atom. The van der Waals surface area contributed by atoms with Crippen molar-refractivity contribution in [3.05, 3.63) is 51.7 Å². The predicted octanol–water partition coefficient (Wildman–Crippen LogP) is 5.48. The molecule has 2 aliphatic carbocycles. The molecule has 4 unspecified atom stereocenters. The Morgan fingerprint density at radius 1 is 0.917 bits per heavy atom. The van der Waals surface area contributed by atoms with Crippen molar-refractivity contribution < 1.29 is 49.6 Å². The van der Waals surface area contributed by atoms with Crippen LogP contribution in [0.2, 0.25) is 0 Å². The van der Waals surface area contributed by atoms with E-state index >= 15 is 0 Å². The molecular weight excluding hydrogens is 853 g/mol. The Hall–Kier alpha value is -0.800. The molecule has 4 rings (SSSR count). The summed E-state index contributed by atoms with van der Waals surface area (Å²) in [5.41, 5.74) is 0.411. The summed E-state index contributed by atoms with van der Waals surface area (Å²) in [5, 5.41) is 0. The van der Waals surface area contributed by atoms with E-state index in [1.807, 2.05) is 6.07 Å². The average Bonchev–Trinajstić information content (AvgIpc) is 3.37. The summed E-state index contributed by atoms with van der Waals surface area (Å²) in [6.07, 6.45) is 0.409. The van der Waals surface area contributed by atoms with Gasteiger partial charge in [-0.25, -0.2) is 13.6 Å². The Balaban J connectivity index is 1.47. The molecule has 2 aromatic carbocycles. The summed E-state index contributed by atoms with van der Waals surface area (Å²) in [4.78, 5) is 23.1. The number of carbonyl (C=O) groups excluding carboxylic acids is 2.